The Kier molecular flexibility index (Phi) is 4.81. The summed E-state index contributed by atoms with van der Waals surface area (Å²) in [6.07, 6.45) is 0.760. The summed E-state index contributed by atoms with van der Waals surface area (Å²) in [6, 6.07) is 7.65. The summed E-state index contributed by atoms with van der Waals surface area (Å²) < 4.78 is 10.6. The summed E-state index contributed by atoms with van der Waals surface area (Å²) in [7, 11) is 1.63. The lowest BCUT2D eigenvalue weighted by molar-refractivity contribution is -0.148. The third-order valence-corrected chi connectivity index (χ3v) is 5.00. The lowest BCUT2D eigenvalue weighted by atomic mass is 9.92. The van der Waals surface area contributed by atoms with E-state index in [-0.39, 0.29) is 11.2 Å². The molecule has 1 saturated heterocycles. The molecule has 2 rings (SSSR count). The van der Waals surface area contributed by atoms with Crippen LogP contribution >= 0.6 is 11.8 Å². The first-order valence-electron chi connectivity index (χ1n) is 6.84. The zero-order valence-electron chi connectivity index (χ0n) is 12.1. The van der Waals surface area contributed by atoms with Crippen molar-refractivity contribution in [1.82, 2.24) is 0 Å². The zero-order valence-corrected chi connectivity index (χ0v) is 13.0. The Morgan fingerprint density at radius 1 is 1.50 bits per heavy atom. The Morgan fingerprint density at radius 2 is 2.25 bits per heavy atom. The molecule has 0 aliphatic carbocycles. The number of hydrogen-bond donors (Lipinski definition) is 1. The number of rotatable bonds is 5. The van der Waals surface area contributed by atoms with Gasteiger partial charge in [0.25, 0.3) is 0 Å². The van der Waals surface area contributed by atoms with Crippen LogP contribution in [-0.2, 0) is 9.53 Å². The maximum Gasteiger partial charge on any atom is 0.332 e. The predicted molar refractivity (Wildman–Crippen MR) is 82.5 cm³/mol. The van der Waals surface area contributed by atoms with E-state index in [4.69, 9.17) is 9.47 Å². The van der Waals surface area contributed by atoms with Gasteiger partial charge in [-0.25, -0.2) is 4.79 Å². The number of ether oxygens (including phenoxy) is 2. The van der Waals surface area contributed by atoms with E-state index in [9.17, 15) is 4.79 Å². The highest BCUT2D eigenvalue weighted by Crippen LogP contribution is 2.40. The zero-order chi connectivity index (χ0) is 14.6. The number of carbonyl (C=O) groups excluding carboxylic acids is 1. The van der Waals surface area contributed by atoms with Crippen molar-refractivity contribution in [3.63, 3.8) is 0 Å². The van der Waals surface area contributed by atoms with Gasteiger partial charge in [-0.3, -0.25) is 0 Å². The van der Waals surface area contributed by atoms with Gasteiger partial charge in [0.05, 0.1) is 19.4 Å². The van der Waals surface area contributed by atoms with Gasteiger partial charge in [-0.05, 0) is 31.2 Å². The molecule has 1 heterocycles. The fourth-order valence-corrected chi connectivity index (χ4v) is 3.82. The van der Waals surface area contributed by atoms with Gasteiger partial charge in [-0.2, -0.15) is 11.8 Å². The summed E-state index contributed by atoms with van der Waals surface area (Å²) >= 11 is 1.79. The average molecular weight is 295 g/mol. The number of para-hydroxylation sites is 2. The van der Waals surface area contributed by atoms with Crippen molar-refractivity contribution in [3.05, 3.63) is 24.3 Å². The molecule has 0 amide bonds. The second-order valence-corrected chi connectivity index (χ2v) is 6.23. The second-order valence-electron chi connectivity index (χ2n) is 4.78. The highest BCUT2D eigenvalue weighted by atomic mass is 32.2. The summed E-state index contributed by atoms with van der Waals surface area (Å²) in [5.41, 5.74) is 0.160. The van der Waals surface area contributed by atoms with Gasteiger partial charge in [-0.1, -0.05) is 19.1 Å². The number of thioether (sulfide) groups is 1. The van der Waals surface area contributed by atoms with Crippen molar-refractivity contribution in [1.29, 1.82) is 0 Å². The number of benzene rings is 1. The predicted octanol–water partition coefficient (Wildman–Crippen LogP) is 2.93. The van der Waals surface area contributed by atoms with E-state index < -0.39 is 5.54 Å². The van der Waals surface area contributed by atoms with E-state index in [0.717, 1.165) is 23.6 Å². The minimum Gasteiger partial charge on any atom is -0.495 e. The van der Waals surface area contributed by atoms with Crippen LogP contribution in [0.4, 0.5) is 5.69 Å². The van der Waals surface area contributed by atoms with Crippen molar-refractivity contribution < 1.29 is 14.3 Å². The van der Waals surface area contributed by atoms with Gasteiger partial charge in [0, 0.05) is 5.25 Å². The van der Waals surface area contributed by atoms with E-state index in [2.05, 4.69) is 12.2 Å². The standard InChI is InChI=1S/C15H21NO3S/c1-4-19-14(17)15(9-10-20-11(15)2)16-12-7-5-6-8-13(12)18-3/h5-8,11,16H,4,9-10H2,1-3H3. The third kappa shape index (κ3) is 2.73. The van der Waals surface area contributed by atoms with Crippen molar-refractivity contribution >= 4 is 23.4 Å². The van der Waals surface area contributed by atoms with Crippen LogP contribution in [0.1, 0.15) is 20.3 Å². The molecule has 1 aromatic rings. The molecule has 0 aromatic heterocycles. The maximum absolute atomic E-state index is 12.4. The van der Waals surface area contributed by atoms with Crippen LogP contribution in [0.2, 0.25) is 0 Å². The van der Waals surface area contributed by atoms with Gasteiger partial charge in [0.1, 0.15) is 11.3 Å². The quantitative estimate of drug-likeness (QED) is 0.846. The van der Waals surface area contributed by atoms with E-state index in [1.54, 1.807) is 18.9 Å². The lowest BCUT2D eigenvalue weighted by Gasteiger charge is -2.33. The molecule has 1 fully saturated rings. The van der Waals surface area contributed by atoms with Crippen molar-refractivity contribution in [2.75, 3.05) is 24.8 Å². The van der Waals surface area contributed by atoms with Crippen LogP contribution in [-0.4, -0.2) is 36.2 Å². The fraction of sp³-hybridized carbons (Fsp3) is 0.533. The molecule has 20 heavy (non-hydrogen) atoms. The van der Waals surface area contributed by atoms with Gasteiger partial charge in [0.15, 0.2) is 0 Å². The number of hydrogen-bond acceptors (Lipinski definition) is 5. The topological polar surface area (TPSA) is 47.6 Å². The highest BCUT2D eigenvalue weighted by Gasteiger charge is 2.49. The van der Waals surface area contributed by atoms with Crippen molar-refractivity contribution in [3.8, 4) is 5.75 Å². The molecule has 0 bridgehead atoms. The highest BCUT2D eigenvalue weighted by molar-refractivity contribution is 8.00. The largest absolute Gasteiger partial charge is 0.495 e. The summed E-state index contributed by atoms with van der Waals surface area (Å²) in [6.45, 7) is 4.30. The average Bonchev–Trinajstić information content (AvgIpc) is 2.82. The first-order chi connectivity index (χ1) is 9.64. The third-order valence-electron chi connectivity index (χ3n) is 3.66. The minimum atomic E-state index is -0.671. The molecule has 1 aromatic carbocycles. The molecule has 0 radical (unpaired) electrons. The van der Waals surface area contributed by atoms with Gasteiger partial charge < -0.3 is 14.8 Å². The number of esters is 1. The van der Waals surface area contributed by atoms with Crippen LogP contribution in [0.3, 0.4) is 0 Å². The van der Waals surface area contributed by atoms with Crippen LogP contribution in [0.25, 0.3) is 0 Å². The minimum absolute atomic E-state index is 0.159. The molecule has 110 valence electrons. The summed E-state index contributed by atoms with van der Waals surface area (Å²) in [4.78, 5) is 12.4. The molecule has 0 saturated carbocycles. The van der Waals surface area contributed by atoms with Gasteiger partial charge in [0.2, 0.25) is 0 Å². The van der Waals surface area contributed by atoms with E-state index in [1.807, 2.05) is 31.2 Å². The van der Waals surface area contributed by atoms with Crippen molar-refractivity contribution in [2.45, 2.75) is 31.1 Å². The van der Waals surface area contributed by atoms with Crippen molar-refractivity contribution in [2.24, 2.45) is 0 Å². The van der Waals surface area contributed by atoms with Crippen LogP contribution in [0, 0.1) is 0 Å². The first-order valence-corrected chi connectivity index (χ1v) is 7.89. The number of methoxy groups -OCH3 is 1. The number of carbonyl (C=O) groups is 1. The first kappa shape index (κ1) is 15.0. The molecule has 2 unspecified atom stereocenters. The molecule has 2 atom stereocenters. The molecular formula is C15H21NO3S. The number of anilines is 1. The molecule has 5 heteroatoms. The maximum atomic E-state index is 12.4. The smallest absolute Gasteiger partial charge is 0.332 e. The normalized spacial score (nSPS) is 25.2. The number of nitrogens with one attached hydrogen (secondary N) is 1. The van der Waals surface area contributed by atoms with Gasteiger partial charge in [-0.15, -0.1) is 0 Å². The second kappa shape index (κ2) is 6.39. The monoisotopic (exact) mass is 295 g/mol. The summed E-state index contributed by atoms with van der Waals surface area (Å²) in [5.74, 6) is 1.51. The molecule has 4 nitrogen and oxygen atoms in total. The molecular weight excluding hydrogens is 274 g/mol. The Labute approximate surface area is 124 Å². The van der Waals surface area contributed by atoms with Crippen LogP contribution in [0.5, 0.6) is 5.75 Å². The van der Waals surface area contributed by atoms with E-state index in [0.29, 0.717) is 6.61 Å². The molecule has 1 aliphatic heterocycles. The van der Waals surface area contributed by atoms with E-state index in [1.165, 1.54) is 0 Å². The molecule has 1 N–H and O–H groups in total. The van der Waals surface area contributed by atoms with E-state index >= 15 is 0 Å². The SMILES string of the molecule is CCOC(=O)C1(Nc2ccccc2OC)CCSC1C. The molecule has 1 aliphatic rings. The lowest BCUT2D eigenvalue weighted by Crippen LogP contribution is -2.51. The Balaban J connectivity index is 2.31. The fourth-order valence-electron chi connectivity index (χ4n) is 2.47. The Morgan fingerprint density at radius 3 is 2.85 bits per heavy atom. The Bertz CT molecular complexity index is 480. The molecule has 0 spiro atoms. The summed E-state index contributed by atoms with van der Waals surface area (Å²) in [5, 5.41) is 3.55. The van der Waals surface area contributed by atoms with Crippen LogP contribution < -0.4 is 10.1 Å². The van der Waals surface area contributed by atoms with Crippen LogP contribution in [0.15, 0.2) is 24.3 Å². The van der Waals surface area contributed by atoms with Gasteiger partial charge >= 0.3 is 5.97 Å². The Hall–Kier alpha value is -1.36.